The van der Waals surface area contributed by atoms with E-state index in [0.717, 1.165) is 0 Å². The van der Waals surface area contributed by atoms with Crippen LogP contribution in [-0.2, 0) is 0 Å². The number of carbonyl (C=O) groups is 2. The summed E-state index contributed by atoms with van der Waals surface area (Å²) in [5.41, 5.74) is 3.32. The van der Waals surface area contributed by atoms with Crippen molar-refractivity contribution < 1.29 is 19.1 Å². The number of fused-ring (bicyclic) bond motifs is 1. The Labute approximate surface area is 184 Å². The smallest absolute Gasteiger partial charge is 0.336 e. The number of rotatable bonds is 6. The number of hydrogen-bond donors (Lipinski definition) is 1. The van der Waals surface area contributed by atoms with Gasteiger partial charge in [-0.25, -0.2) is 14.2 Å². The van der Waals surface area contributed by atoms with Crippen molar-refractivity contribution >= 4 is 17.5 Å². The summed E-state index contributed by atoms with van der Waals surface area (Å²) < 4.78 is 15.2. The molecule has 2 aromatic carbocycles. The summed E-state index contributed by atoms with van der Waals surface area (Å²) in [6.07, 6.45) is 1.73. The Bertz CT molecular complexity index is 1310. The molecule has 0 bridgehead atoms. The number of hydrogen-bond acceptors (Lipinski definition) is 3. The van der Waals surface area contributed by atoms with Crippen molar-refractivity contribution in [2.75, 3.05) is 13.1 Å². The first-order valence-corrected chi connectivity index (χ1v) is 10.3. The van der Waals surface area contributed by atoms with Crippen LogP contribution in [0.5, 0.6) is 0 Å². The lowest BCUT2D eigenvalue weighted by Gasteiger charge is -2.19. The molecule has 0 fully saturated rings. The van der Waals surface area contributed by atoms with Crippen molar-refractivity contribution in [3.05, 3.63) is 83.9 Å². The van der Waals surface area contributed by atoms with Crippen molar-refractivity contribution in [1.29, 1.82) is 0 Å². The van der Waals surface area contributed by atoms with Crippen molar-refractivity contribution in [2.45, 2.75) is 13.8 Å². The second kappa shape index (κ2) is 8.63. The van der Waals surface area contributed by atoms with Crippen LogP contribution in [0.4, 0.5) is 4.39 Å². The van der Waals surface area contributed by atoms with Gasteiger partial charge in [0.2, 0.25) is 0 Å². The standard InChI is InChI=1S/C25H22FN3O3/c1-3-28(4-2)24(30)23-22(16-9-12-18(26)13-10-16)27-21-14-11-17(15-29(21)23)19-7-5-6-8-20(19)25(31)32/h5-15H,3-4H2,1-2H3,(H,31,32). The van der Waals surface area contributed by atoms with Crippen LogP contribution in [-0.4, -0.2) is 44.4 Å². The molecule has 0 radical (unpaired) electrons. The van der Waals surface area contributed by atoms with Gasteiger partial charge in [0.15, 0.2) is 0 Å². The number of carboxylic acid groups (broad SMARTS) is 1. The predicted molar refractivity (Wildman–Crippen MR) is 120 cm³/mol. The van der Waals surface area contributed by atoms with Crippen molar-refractivity contribution in [1.82, 2.24) is 14.3 Å². The average Bonchev–Trinajstić information content (AvgIpc) is 3.19. The van der Waals surface area contributed by atoms with Gasteiger partial charge in [-0.1, -0.05) is 18.2 Å². The molecule has 0 spiro atoms. The van der Waals surface area contributed by atoms with E-state index in [1.54, 1.807) is 64.0 Å². The minimum Gasteiger partial charge on any atom is -0.478 e. The molecule has 1 N–H and O–H groups in total. The van der Waals surface area contributed by atoms with Gasteiger partial charge in [0.1, 0.15) is 22.9 Å². The highest BCUT2D eigenvalue weighted by Crippen LogP contribution is 2.30. The molecule has 6 nitrogen and oxygen atoms in total. The third-order valence-electron chi connectivity index (χ3n) is 5.46. The molecule has 0 atom stereocenters. The molecule has 2 heterocycles. The zero-order valence-electron chi connectivity index (χ0n) is 17.7. The zero-order chi connectivity index (χ0) is 22.8. The Morgan fingerprint density at radius 2 is 1.62 bits per heavy atom. The third-order valence-corrected chi connectivity index (χ3v) is 5.46. The van der Waals surface area contributed by atoms with E-state index in [2.05, 4.69) is 4.98 Å². The number of aromatic carboxylic acids is 1. The molecule has 162 valence electrons. The minimum atomic E-state index is -1.03. The van der Waals surface area contributed by atoms with E-state index >= 15 is 0 Å². The summed E-state index contributed by atoms with van der Waals surface area (Å²) in [7, 11) is 0. The maximum atomic E-state index is 13.5. The summed E-state index contributed by atoms with van der Waals surface area (Å²) in [4.78, 5) is 31.5. The highest BCUT2D eigenvalue weighted by atomic mass is 19.1. The van der Waals surface area contributed by atoms with E-state index in [1.165, 1.54) is 12.1 Å². The molecule has 0 saturated carbocycles. The number of pyridine rings is 1. The SMILES string of the molecule is CCN(CC)C(=O)c1c(-c2ccc(F)cc2)nc2ccc(-c3ccccc3C(=O)O)cn12. The lowest BCUT2D eigenvalue weighted by molar-refractivity contribution is 0.0696. The van der Waals surface area contributed by atoms with Gasteiger partial charge in [0.05, 0.1) is 5.56 Å². The van der Waals surface area contributed by atoms with Crippen molar-refractivity contribution in [2.24, 2.45) is 0 Å². The molecule has 7 heteroatoms. The lowest BCUT2D eigenvalue weighted by atomic mass is 10.0. The zero-order valence-corrected chi connectivity index (χ0v) is 17.7. The highest BCUT2D eigenvalue weighted by Gasteiger charge is 2.24. The summed E-state index contributed by atoms with van der Waals surface area (Å²) in [6.45, 7) is 4.84. The highest BCUT2D eigenvalue weighted by molar-refractivity contribution is 6.00. The quantitative estimate of drug-likeness (QED) is 0.467. The first-order valence-electron chi connectivity index (χ1n) is 10.3. The Morgan fingerprint density at radius 1 is 0.969 bits per heavy atom. The van der Waals surface area contributed by atoms with Crippen molar-refractivity contribution in [3.8, 4) is 22.4 Å². The van der Waals surface area contributed by atoms with Crippen molar-refractivity contribution in [3.63, 3.8) is 0 Å². The van der Waals surface area contributed by atoms with Gasteiger partial charge in [-0.05, 0) is 67.4 Å². The second-order valence-electron chi connectivity index (χ2n) is 7.29. The van der Waals surface area contributed by atoms with E-state index in [9.17, 15) is 19.1 Å². The summed E-state index contributed by atoms with van der Waals surface area (Å²) in [5.74, 6) is -1.61. The van der Waals surface area contributed by atoms with Crippen LogP contribution in [0.1, 0.15) is 34.7 Å². The van der Waals surface area contributed by atoms with E-state index < -0.39 is 5.97 Å². The van der Waals surface area contributed by atoms with E-state index in [4.69, 9.17) is 0 Å². The van der Waals surface area contributed by atoms with Crippen LogP contribution in [0.25, 0.3) is 28.0 Å². The molecule has 0 aliphatic heterocycles. The maximum absolute atomic E-state index is 13.5. The molecule has 1 amide bonds. The van der Waals surface area contributed by atoms with E-state index in [0.29, 0.717) is 46.8 Å². The second-order valence-corrected chi connectivity index (χ2v) is 7.29. The number of benzene rings is 2. The molecule has 0 saturated heterocycles. The van der Waals surface area contributed by atoms with Crippen LogP contribution in [0.15, 0.2) is 66.9 Å². The third kappa shape index (κ3) is 3.73. The Hall–Kier alpha value is -4.00. The van der Waals surface area contributed by atoms with E-state index in [-0.39, 0.29) is 17.3 Å². The Morgan fingerprint density at radius 3 is 2.28 bits per heavy atom. The van der Waals surface area contributed by atoms with Gasteiger partial charge < -0.3 is 10.0 Å². The van der Waals surface area contributed by atoms with Gasteiger partial charge in [-0.2, -0.15) is 0 Å². The predicted octanol–water partition coefficient (Wildman–Crippen LogP) is 4.99. The summed E-state index contributed by atoms with van der Waals surface area (Å²) >= 11 is 0. The first kappa shape index (κ1) is 21.2. The monoisotopic (exact) mass is 431 g/mol. The number of amides is 1. The average molecular weight is 431 g/mol. The number of halogens is 1. The summed E-state index contributed by atoms with van der Waals surface area (Å²) in [5, 5.41) is 9.58. The molecule has 2 aromatic heterocycles. The molecule has 0 unspecified atom stereocenters. The molecule has 0 aliphatic carbocycles. The van der Waals surface area contributed by atoms with Gasteiger partial charge in [0.25, 0.3) is 5.91 Å². The van der Waals surface area contributed by atoms with Crippen LogP contribution in [0.3, 0.4) is 0 Å². The molecule has 32 heavy (non-hydrogen) atoms. The number of carbonyl (C=O) groups excluding carboxylic acids is 1. The van der Waals surface area contributed by atoms with Gasteiger partial charge in [-0.3, -0.25) is 9.20 Å². The Balaban J connectivity index is 1.98. The number of aromatic nitrogens is 2. The maximum Gasteiger partial charge on any atom is 0.336 e. The van der Waals surface area contributed by atoms with E-state index in [1.807, 2.05) is 13.8 Å². The fraction of sp³-hybridized carbons (Fsp3) is 0.160. The lowest BCUT2D eigenvalue weighted by Crippen LogP contribution is -2.31. The molecule has 0 aliphatic rings. The van der Waals surface area contributed by atoms with Gasteiger partial charge in [-0.15, -0.1) is 0 Å². The minimum absolute atomic E-state index is 0.169. The first-order chi connectivity index (χ1) is 15.4. The fourth-order valence-electron chi connectivity index (χ4n) is 3.80. The molecule has 4 rings (SSSR count). The molecule has 4 aromatic rings. The number of carboxylic acids is 1. The topological polar surface area (TPSA) is 74.9 Å². The molecular weight excluding hydrogens is 409 g/mol. The number of imidazole rings is 1. The normalized spacial score (nSPS) is 11.0. The van der Waals surface area contributed by atoms with Crippen LogP contribution >= 0.6 is 0 Å². The molecular formula is C25H22FN3O3. The van der Waals surface area contributed by atoms with Crippen LogP contribution in [0.2, 0.25) is 0 Å². The van der Waals surface area contributed by atoms with Crippen LogP contribution in [0, 0.1) is 5.82 Å². The largest absolute Gasteiger partial charge is 0.478 e. The fourth-order valence-corrected chi connectivity index (χ4v) is 3.80. The van der Waals surface area contributed by atoms with Crippen LogP contribution < -0.4 is 0 Å². The number of nitrogens with zero attached hydrogens (tertiary/aromatic N) is 3. The Kier molecular flexibility index (Phi) is 5.73. The van der Waals surface area contributed by atoms with Gasteiger partial charge in [0, 0.05) is 24.8 Å². The van der Waals surface area contributed by atoms with Gasteiger partial charge >= 0.3 is 5.97 Å². The summed E-state index contributed by atoms with van der Waals surface area (Å²) in [6, 6.07) is 16.1.